The monoisotopic (exact) mass is 263 g/mol. The number of benzene rings is 1. The molecule has 0 fully saturated rings. The number of rotatable bonds is 3. The van der Waals surface area contributed by atoms with Gasteiger partial charge in [-0.1, -0.05) is 18.2 Å². The van der Waals surface area contributed by atoms with E-state index in [4.69, 9.17) is 9.84 Å². The smallest absolute Gasteiger partial charge is 0.407 e. The van der Waals surface area contributed by atoms with E-state index in [0.29, 0.717) is 18.6 Å². The summed E-state index contributed by atoms with van der Waals surface area (Å²) in [5, 5.41) is 8.92. The van der Waals surface area contributed by atoms with Crippen molar-refractivity contribution in [2.24, 2.45) is 0 Å². The van der Waals surface area contributed by atoms with Crippen LogP contribution in [-0.2, 0) is 11.2 Å². The molecule has 1 atom stereocenters. The van der Waals surface area contributed by atoms with Gasteiger partial charge in [0.05, 0.1) is 13.2 Å². The second-order valence-electron chi connectivity index (χ2n) is 4.70. The lowest BCUT2D eigenvalue weighted by Crippen LogP contribution is -2.33. The number of nitrogens with zero attached hydrogens (tertiary/aromatic N) is 1. The van der Waals surface area contributed by atoms with Crippen LogP contribution in [0.3, 0.4) is 0 Å². The van der Waals surface area contributed by atoms with E-state index in [9.17, 15) is 9.59 Å². The summed E-state index contributed by atoms with van der Waals surface area (Å²) < 4.78 is 5.64. The largest absolute Gasteiger partial charge is 0.465 e. The van der Waals surface area contributed by atoms with Crippen molar-refractivity contribution >= 4 is 11.9 Å². The molecule has 0 saturated carbocycles. The molecule has 0 spiro atoms. The van der Waals surface area contributed by atoms with E-state index >= 15 is 0 Å². The van der Waals surface area contributed by atoms with Crippen LogP contribution < -0.4 is 0 Å². The molecule has 0 saturated heterocycles. The summed E-state index contributed by atoms with van der Waals surface area (Å²) in [5.74, 6) is 0.0316. The Labute approximate surface area is 111 Å². The van der Waals surface area contributed by atoms with Gasteiger partial charge in [-0.3, -0.25) is 4.79 Å². The van der Waals surface area contributed by atoms with Gasteiger partial charge in [0.1, 0.15) is 6.10 Å². The average molecular weight is 263 g/mol. The van der Waals surface area contributed by atoms with Crippen LogP contribution in [0.1, 0.15) is 34.5 Å². The topological polar surface area (TPSA) is 66.8 Å². The number of ketones is 1. The fourth-order valence-corrected chi connectivity index (χ4v) is 2.39. The van der Waals surface area contributed by atoms with Gasteiger partial charge >= 0.3 is 6.09 Å². The third kappa shape index (κ3) is 2.76. The highest BCUT2D eigenvalue weighted by atomic mass is 16.5. The number of carbonyl (C=O) groups excluding carboxylic acids is 1. The lowest BCUT2D eigenvalue weighted by atomic mass is 9.91. The lowest BCUT2D eigenvalue weighted by molar-refractivity contribution is 0.0222. The summed E-state index contributed by atoms with van der Waals surface area (Å²) in [6, 6.07) is 5.53. The zero-order valence-electron chi connectivity index (χ0n) is 11.0. The maximum Gasteiger partial charge on any atom is 0.407 e. The minimum absolute atomic E-state index is 0.0316. The number of ether oxygens (including phenoxy) is 1. The number of amides is 1. The molecule has 1 aromatic rings. The van der Waals surface area contributed by atoms with E-state index < -0.39 is 6.09 Å². The van der Waals surface area contributed by atoms with Gasteiger partial charge in [-0.15, -0.1) is 0 Å². The van der Waals surface area contributed by atoms with Crippen molar-refractivity contribution in [1.29, 1.82) is 0 Å². The van der Waals surface area contributed by atoms with E-state index in [0.717, 1.165) is 11.1 Å². The van der Waals surface area contributed by atoms with Crippen LogP contribution in [0.2, 0.25) is 0 Å². The molecule has 19 heavy (non-hydrogen) atoms. The average Bonchev–Trinajstić information content (AvgIpc) is 2.38. The molecule has 0 aliphatic carbocycles. The van der Waals surface area contributed by atoms with E-state index in [1.165, 1.54) is 11.9 Å². The summed E-state index contributed by atoms with van der Waals surface area (Å²) in [6.45, 7) is 2.32. The van der Waals surface area contributed by atoms with Crippen LogP contribution in [0.15, 0.2) is 18.2 Å². The van der Waals surface area contributed by atoms with Gasteiger partial charge in [0.15, 0.2) is 5.78 Å². The minimum atomic E-state index is -0.988. The number of Topliss-reactive ketones (excluding diaryl/α,β-unsaturated/α-hetero) is 1. The summed E-state index contributed by atoms with van der Waals surface area (Å²) in [4.78, 5) is 23.7. The molecule has 1 unspecified atom stereocenters. The molecule has 2 rings (SSSR count). The van der Waals surface area contributed by atoms with E-state index in [1.807, 2.05) is 18.2 Å². The number of hydrogen-bond donors (Lipinski definition) is 1. The highest BCUT2D eigenvalue weighted by Crippen LogP contribution is 2.30. The van der Waals surface area contributed by atoms with Gasteiger partial charge in [0.25, 0.3) is 0 Å². The first kappa shape index (κ1) is 13.5. The fourth-order valence-electron chi connectivity index (χ4n) is 2.39. The maximum atomic E-state index is 11.6. The Morgan fingerprint density at radius 3 is 2.84 bits per heavy atom. The number of fused-ring (bicyclic) bond motifs is 1. The lowest BCUT2D eigenvalue weighted by Gasteiger charge is -2.29. The molecule has 5 heteroatoms. The third-order valence-electron chi connectivity index (χ3n) is 3.38. The Balaban J connectivity index is 2.32. The molecular weight excluding hydrogens is 246 g/mol. The normalized spacial score (nSPS) is 17.7. The summed E-state index contributed by atoms with van der Waals surface area (Å²) in [6.07, 6.45) is -0.596. The van der Waals surface area contributed by atoms with Gasteiger partial charge in [-0.2, -0.15) is 0 Å². The van der Waals surface area contributed by atoms with Gasteiger partial charge in [0.2, 0.25) is 0 Å². The molecule has 1 heterocycles. The second-order valence-corrected chi connectivity index (χ2v) is 4.70. The zero-order valence-corrected chi connectivity index (χ0v) is 11.0. The Morgan fingerprint density at radius 1 is 1.47 bits per heavy atom. The first-order chi connectivity index (χ1) is 9.00. The number of hydrogen-bond acceptors (Lipinski definition) is 3. The first-order valence-electron chi connectivity index (χ1n) is 6.19. The Hall–Kier alpha value is -1.88. The molecule has 0 radical (unpaired) electrons. The third-order valence-corrected chi connectivity index (χ3v) is 3.38. The molecule has 1 aliphatic rings. The minimum Gasteiger partial charge on any atom is -0.465 e. The van der Waals surface area contributed by atoms with Crippen molar-refractivity contribution in [3.05, 3.63) is 34.9 Å². The van der Waals surface area contributed by atoms with E-state index in [2.05, 4.69) is 0 Å². The van der Waals surface area contributed by atoms with E-state index in [1.54, 1.807) is 6.92 Å². The maximum absolute atomic E-state index is 11.6. The highest BCUT2D eigenvalue weighted by Gasteiger charge is 2.26. The number of carboxylic acid groups (broad SMARTS) is 1. The molecule has 1 N–H and O–H groups in total. The first-order valence-corrected chi connectivity index (χ1v) is 6.19. The summed E-state index contributed by atoms with van der Waals surface area (Å²) in [7, 11) is 1.51. The Kier molecular flexibility index (Phi) is 3.85. The van der Waals surface area contributed by atoms with Crippen LogP contribution in [-0.4, -0.2) is 42.1 Å². The molecule has 1 amide bonds. The molecule has 0 aromatic heterocycles. The standard InChI is InChI=1S/C14H17NO4/c1-9(16)10-4-3-5-12-11(10)6-7-19-13(12)8-15(2)14(17)18/h3-5,13H,6-8H2,1-2H3,(H,17,18). The molecule has 102 valence electrons. The van der Waals surface area contributed by atoms with Crippen LogP contribution in [0.25, 0.3) is 0 Å². The second kappa shape index (κ2) is 5.40. The highest BCUT2D eigenvalue weighted by molar-refractivity contribution is 5.96. The molecule has 1 aliphatic heterocycles. The van der Waals surface area contributed by atoms with Crippen LogP contribution in [0, 0.1) is 0 Å². The van der Waals surface area contributed by atoms with Crippen LogP contribution in [0.4, 0.5) is 4.79 Å². The molecule has 5 nitrogen and oxygen atoms in total. The Morgan fingerprint density at radius 2 is 2.21 bits per heavy atom. The zero-order chi connectivity index (χ0) is 14.0. The van der Waals surface area contributed by atoms with Crippen molar-refractivity contribution in [3.63, 3.8) is 0 Å². The quantitative estimate of drug-likeness (QED) is 0.848. The molecular formula is C14H17NO4. The van der Waals surface area contributed by atoms with Gasteiger partial charge < -0.3 is 14.7 Å². The van der Waals surface area contributed by atoms with Crippen molar-refractivity contribution in [1.82, 2.24) is 4.90 Å². The van der Waals surface area contributed by atoms with Crippen molar-refractivity contribution in [2.45, 2.75) is 19.4 Å². The SMILES string of the molecule is CC(=O)c1cccc2c1CCOC2CN(C)C(=O)O. The summed E-state index contributed by atoms with van der Waals surface area (Å²) in [5.41, 5.74) is 2.63. The van der Waals surface area contributed by atoms with E-state index in [-0.39, 0.29) is 18.4 Å². The predicted molar refractivity (Wildman–Crippen MR) is 69.5 cm³/mol. The van der Waals surface area contributed by atoms with Crippen LogP contribution >= 0.6 is 0 Å². The fraction of sp³-hybridized carbons (Fsp3) is 0.429. The van der Waals surface area contributed by atoms with Gasteiger partial charge in [-0.25, -0.2) is 4.79 Å². The molecule has 1 aromatic carbocycles. The molecule has 0 bridgehead atoms. The predicted octanol–water partition coefficient (Wildman–Crippen LogP) is 2.11. The van der Waals surface area contributed by atoms with Gasteiger partial charge in [0, 0.05) is 12.6 Å². The Bertz CT molecular complexity index is 512. The number of carbonyl (C=O) groups is 2. The van der Waals surface area contributed by atoms with Crippen molar-refractivity contribution in [2.75, 3.05) is 20.2 Å². The van der Waals surface area contributed by atoms with Crippen molar-refractivity contribution in [3.8, 4) is 0 Å². The summed E-state index contributed by atoms with van der Waals surface area (Å²) >= 11 is 0. The van der Waals surface area contributed by atoms with Gasteiger partial charge in [-0.05, 0) is 24.5 Å². The van der Waals surface area contributed by atoms with Crippen molar-refractivity contribution < 1.29 is 19.4 Å². The number of likely N-dealkylation sites (N-methyl/N-ethyl adjacent to an activating group) is 1. The van der Waals surface area contributed by atoms with Crippen LogP contribution in [0.5, 0.6) is 0 Å².